The maximum atomic E-state index is 11.9. The van der Waals surface area contributed by atoms with E-state index in [2.05, 4.69) is 10.6 Å². The third kappa shape index (κ3) is 4.67. The minimum Gasteiger partial charge on any atom is -0.388 e. The molecule has 0 bridgehead atoms. The fourth-order valence-corrected chi connectivity index (χ4v) is 2.19. The Morgan fingerprint density at radius 1 is 1.42 bits per heavy atom. The van der Waals surface area contributed by atoms with Gasteiger partial charge in [-0.3, -0.25) is 9.00 Å². The highest BCUT2D eigenvalue weighted by molar-refractivity contribution is 7.84. The Morgan fingerprint density at radius 2 is 2.11 bits per heavy atom. The molecule has 2 N–H and O–H groups in total. The zero-order chi connectivity index (χ0) is 14.4. The van der Waals surface area contributed by atoms with Crippen LogP contribution in [-0.2, 0) is 10.8 Å². The fourth-order valence-electron chi connectivity index (χ4n) is 1.74. The Kier molecular flexibility index (Phi) is 6.02. The number of benzene rings is 1. The van der Waals surface area contributed by atoms with Gasteiger partial charge in [-0.25, -0.2) is 0 Å². The van der Waals surface area contributed by atoms with Crippen molar-refractivity contribution in [2.45, 2.75) is 25.5 Å². The van der Waals surface area contributed by atoms with Gasteiger partial charge in [-0.15, -0.1) is 0 Å². The van der Waals surface area contributed by atoms with E-state index in [1.807, 2.05) is 33.0 Å². The lowest BCUT2D eigenvalue weighted by Crippen LogP contribution is -2.27. The monoisotopic (exact) mass is 282 g/mol. The van der Waals surface area contributed by atoms with Gasteiger partial charge in [-0.05, 0) is 37.1 Å². The maximum Gasteiger partial charge on any atom is 0.251 e. The third-order valence-electron chi connectivity index (χ3n) is 3.16. The number of amides is 1. The van der Waals surface area contributed by atoms with E-state index in [-0.39, 0.29) is 11.2 Å². The first-order valence-corrected chi connectivity index (χ1v) is 7.96. The SMILES string of the molecule is CNc1ccc(C(=O)NCCC(C)S(C)=O)cc1C. The van der Waals surface area contributed by atoms with Crippen molar-refractivity contribution in [3.05, 3.63) is 29.3 Å². The highest BCUT2D eigenvalue weighted by atomic mass is 32.2. The second-order valence-electron chi connectivity index (χ2n) is 4.63. The lowest BCUT2D eigenvalue weighted by atomic mass is 10.1. The van der Waals surface area contributed by atoms with E-state index in [4.69, 9.17) is 0 Å². The van der Waals surface area contributed by atoms with Crippen LogP contribution in [0.2, 0.25) is 0 Å². The summed E-state index contributed by atoms with van der Waals surface area (Å²) >= 11 is 0. The molecule has 0 radical (unpaired) electrons. The van der Waals surface area contributed by atoms with Crippen molar-refractivity contribution in [3.63, 3.8) is 0 Å². The molecule has 106 valence electrons. The van der Waals surface area contributed by atoms with Crippen LogP contribution >= 0.6 is 0 Å². The molecule has 0 heterocycles. The second kappa shape index (κ2) is 7.28. The number of rotatable bonds is 6. The van der Waals surface area contributed by atoms with E-state index in [0.29, 0.717) is 12.1 Å². The molecule has 1 amide bonds. The molecule has 4 nitrogen and oxygen atoms in total. The fraction of sp³-hybridized carbons (Fsp3) is 0.500. The van der Waals surface area contributed by atoms with Crippen molar-refractivity contribution in [1.29, 1.82) is 0 Å². The van der Waals surface area contributed by atoms with Crippen molar-refractivity contribution >= 4 is 22.4 Å². The van der Waals surface area contributed by atoms with E-state index < -0.39 is 10.8 Å². The number of carbonyl (C=O) groups is 1. The van der Waals surface area contributed by atoms with Gasteiger partial charge in [0.15, 0.2) is 0 Å². The molecule has 0 aromatic heterocycles. The summed E-state index contributed by atoms with van der Waals surface area (Å²) in [4.78, 5) is 11.9. The summed E-state index contributed by atoms with van der Waals surface area (Å²) in [5.74, 6) is -0.0835. The molecule has 2 atom stereocenters. The van der Waals surface area contributed by atoms with Gasteiger partial charge in [0.25, 0.3) is 5.91 Å². The zero-order valence-corrected chi connectivity index (χ0v) is 12.8. The average molecular weight is 282 g/mol. The molecule has 0 saturated heterocycles. The van der Waals surface area contributed by atoms with Crippen LogP contribution < -0.4 is 10.6 Å². The van der Waals surface area contributed by atoms with Crippen LogP contribution in [0.1, 0.15) is 29.3 Å². The van der Waals surface area contributed by atoms with Crippen LogP contribution in [0.15, 0.2) is 18.2 Å². The summed E-state index contributed by atoms with van der Waals surface area (Å²) in [7, 11) is 1.02. The van der Waals surface area contributed by atoms with Crippen molar-refractivity contribution in [1.82, 2.24) is 5.32 Å². The van der Waals surface area contributed by atoms with Gasteiger partial charge >= 0.3 is 0 Å². The summed E-state index contributed by atoms with van der Waals surface area (Å²) in [6.45, 7) is 4.44. The van der Waals surface area contributed by atoms with Gasteiger partial charge in [0, 0.05) is 47.1 Å². The lowest BCUT2D eigenvalue weighted by Gasteiger charge is -2.11. The molecule has 0 spiro atoms. The summed E-state index contributed by atoms with van der Waals surface area (Å²) < 4.78 is 11.2. The van der Waals surface area contributed by atoms with Crippen LogP contribution in [0.4, 0.5) is 5.69 Å². The molecule has 2 unspecified atom stereocenters. The maximum absolute atomic E-state index is 11.9. The Labute approximate surface area is 117 Å². The lowest BCUT2D eigenvalue weighted by molar-refractivity contribution is 0.0953. The Balaban J connectivity index is 2.54. The van der Waals surface area contributed by atoms with Crippen LogP contribution in [0.3, 0.4) is 0 Å². The first-order valence-electron chi connectivity index (χ1n) is 6.34. The van der Waals surface area contributed by atoms with Gasteiger partial charge in [0.2, 0.25) is 0 Å². The number of hydrogen-bond donors (Lipinski definition) is 2. The number of nitrogens with one attached hydrogen (secondary N) is 2. The third-order valence-corrected chi connectivity index (χ3v) is 4.53. The van der Waals surface area contributed by atoms with Gasteiger partial charge in [-0.2, -0.15) is 0 Å². The molecule has 0 fully saturated rings. The van der Waals surface area contributed by atoms with Crippen molar-refractivity contribution in [2.24, 2.45) is 0 Å². The van der Waals surface area contributed by atoms with Crippen molar-refractivity contribution in [2.75, 3.05) is 25.2 Å². The highest BCUT2D eigenvalue weighted by Crippen LogP contribution is 2.15. The largest absolute Gasteiger partial charge is 0.388 e. The zero-order valence-electron chi connectivity index (χ0n) is 11.9. The van der Waals surface area contributed by atoms with E-state index in [1.165, 1.54) is 0 Å². The molecule has 0 aliphatic rings. The van der Waals surface area contributed by atoms with Crippen molar-refractivity contribution < 1.29 is 9.00 Å². The van der Waals surface area contributed by atoms with E-state index >= 15 is 0 Å². The molecule has 0 aliphatic heterocycles. The minimum atomic E-state index is -0.837. The highest BCUT2D eigenvalue weighted by Gasteiger charge is 2.09. The van der Waals surface area contributed by atoms with Gasteiger partial charge < -0.3 is 10.6 Å². The van der Waals surface area contributed by atoms with E-state index in [0.717, 1.165) is 17.7 Å². The Hall–Kier alpha value is -1.36. The van der Waals surface area contributed by atoms with Crippen LogP contribution in [-0.4, -0.2) is 35.2 Å². The molecule has 19 heavy (non-hydrogen) atoms. The predicted molar refractivity (Wildman–Crippen MR) is 81.2 cm³/mol. The van der Waals surface area contributed by atoms with Crippen LogP contribution in [0, 0.1) is 6.92 Å². The molecule has 0 aliphatic carbocycles. The van der Waals surface area contributed by atoms with Crippen LogP contribution in [0.5, 0.6) is 0 Å². The van der Waals surface area contributed by atoms with E-state index in [9.17, 15) is 9.00 Å². The smallest absolute Gasteiger partial charge is 0.251 e. The standard InChI is InChI=1S/C14H22N2O2S/c1-10-9-12(5-6-13(10)15-3)14(17)16-8-7-11(2)19(4)18/h5-6,9,11,15H,7-8H2,1-4H3,(H,16,17). The summed E-state index contributed by atoms with van der Waals surface area (Å²) in [6.07, 6.45) is 2.41. The minimum absolute atomic E-state index is 0.0835. The Morgan fingerprint density at radius 3 is 2.63 bits per heavy atom. The predicted octanol–water partition coefficient (Wildman–Crippen LogP) is 1.92. The first-order chi connectivity index (χ1) is 8.95. The molecule has 5 heteroatoms. The van der Waals surface area contributed by atoms with Gasteiger partial charge in [-0.1, -0.05) is 6.92 Å². The Bertz CT molecular complexity index is 475. The van der Waals surface area contributed by atoms with Crippen molar-refractivity contribution in [3.8, 4) is 0 Å². The average Bonchev–Trinajstić information content (AvgIpc) is 2.38. The molecule has 1 rings (SSSR count). The molecule has 1 aromatic carbocycles. The second-order valence-corrected chi connectivity index (χ2v) is 6.44. The van der Waals surface area contributed by atoms with Gasteiger partial charge in [0.05, 0.1) is 0 Å². The number of carbonyl (C=O) groups excluding carboxylic acids is 1. The first kappa shape index (κ1) is 15.7. The molecule has 1 aromatic rings. The topological polar surface area (TPSA) is 58.2 Å². The molecular formula is C14H22N2O2S. The summed E-state index contributed by atoms with van der Waals surface area (Å²) in [5.41, 5.74) is 2.71. The molecule has 0 saturated carbocycles. The normalized spacial score (nSPS) is 13.7. The van der Waals surface area contributed by atoms with E-state index in [1.54, 1.807) is 12.3 Å². The van der Waals surface area contributed by atoms with Crippen LogP contribution in [0.25, 0.3) is 0 Å². The quantitative estimate of drug-likeness (QED) is 0.838. The van der Waals surface area contributed by atoms with Gasteiger partial charge in [0.1, 0.15) is 0 Å². The number of aryl methyl sites for hydroxylation is 1. The molecular weight excluding hydrogens is 260 g/mol. The summed E-state index contributed by atoms with van der Waals surface area (Å²) in [5, 5.41) is 6.03. The summed E-state index contributed by atoms with van der Waals surface area (Å²) in [6, 6.07) is 5.56. The number of hydrogen-bond acceptors (Lipinski definition) is 3. The number of anilines is 1.